The Kier molecular flexibility index (Phi) is 2.62. The Bertz CT molecular complexity index is 387. The van der Waals surface area contributed by atoms with Gasteiger partial charge in [0, 0.05) is 13.1 Å². The van der Waals surface area contributed by atoms with E-state index in [4.69, 9.17) is 4.74 Å². The van der Waals surface area contributed by atoms with Gasteiger partial charge >= 0.3 is 6.09 Å². The van der Waals surface area contributed by atoms with E-state index in [1.165, 1.54) is 23.8 Å². The van der Waals surface area contributed by atoms with Crippen molar-refractivity contribution in [2.24, 2.45) is 0 Å². The maximum absolute atomic E-state index is 11.4. The molecule has 1 aliphatic rings. The summed E-state index contributed by atoms with van der Waals surface area (Å²) in [5.41, 5.74) is 3.83. The fourth-order valence-corrected chi connectivity index (χ4v) is 1.97. The van der Waals surface area contributed by atoms with E-state index in [-0.39, 0.29) is 6.09 Å². The first kappa shape index (κ1) is 10.0. The van der Waals surface area contributed by atoms with Crippen molar-refractivity contribution in [3.8, 4) is 0 Å². The summed E-state index contributed by atoms with van der Waals surface area (Å²) in [6.45, 7) is 3.49. The van der Waals surface area contributed by atoms with Gasteiger partial charge in [-0.25, -0.2) is 4.79 Å². The molecule has 0 radical (unpaired) electrons. The molecule has 80 valence electrons. The number of aryl methyl sites for hydroxylation is 1. The highest BCUT2D eigenvalue weighted by molar-refractivity contribution is 5.68. The summed E-state index contributed by atoms with van der Waals surface area (Å²) < 4.78 is 4.72. The van der Waals surface area contributed by atoms with Gasteiger partial charge in [-0.05, 0) is 24.5 Å². The van der Waals surface area contributed by atoms with Crippen molar-refractivity contribution in [2.75, 3.05) is 13.7 Å². The van der Waals surface area contributed by atoms with Crippen LogP contribution in [0.5, 0.6) is 0 Å². The molecule has 0 saturated heterocycles. The predicted octanol–water partition coefficient (Wildman–Crippen LogP) is 2.12. The fraction of sp³-hybridized carbons (Fsp3) is 0.417. The molecule has 3 nitrogen and oxygen atoms in total. The number of nitrogens with zero attached hydrogens (tertiary/aromatic N) is 1. The number of amides is 1. The van der Waals surface area contributed by atoms with Crippen LogP contribution in [0.25, 0.3) is 0 Å². The third-order valence-corrected chi connectivity index (χ3v) is 2.81. The highest BCUT2D eigenvalue weighted by Crippen LogP contribution is 2.20. The first-order chi connectivity index (χ1) is 7.20. The van der Waals surface area contributed by atoms with Crippen LogP contribution in [0.2, 0.25) is 0 Å². The molecule has 1 amide bonds. The smallest absolute Gasteiger partial charge is 0.409 e. The van der Waals surface area contributed by atoms with Crippen LogP contribution in [-0.2, 0) is 17.7 Å². The molecule has 0 aromatic heterocycles. The molecule has 0 N–H and O–H groups in total. The topological polar surface area (TPSA) is 29.5 Å². The van der Waals surface area contributed by atoms with Gasteiger partial charge < -0.3 is 9.64 Å². The van der Waals surface area contributed by atoms with Gasteiger partial charge in [-0.2, -0.15) is 0 Å². The number of methoxy groups -OCH3 is 1. The van der Waals surface area contributed by atoms with Crippen LogP contribution < -0.4 is 0 Å². The molecular weight excluding hydrogens is 190 g/mol. The number of fused-ring (bicyclic) bond motifs is 1. The van der Waals surface area contributed by atoms with Crippen molar-refractivity contribution in [3.05, 3.63) is 34.9 Å². The molecule has 0 unspecified atom stereocenters. The van der Waals surface area contributed by atoms with Crippen molar-refractivity contribution in [2.45, 2.75) is 19.9 Å². The molecule has 3 heteroatoms. The normalized spacial score (nSPS) is 14.7. The Morgan fingerprint density at radius 2 is 2.20 bits per heavy atom. The van der Waals surface area contributed by atoms with E-state index >= 15 is 0 Å². The molecule has 2 rings (SSSR count). The van der Waals surface area contributed by atoms with Crippen LogP contribution in [0.4, 0.5) is 4.79 Å². The molecule has 0 fully saturated rings. The van der Waals surface area contributed by atoms with E-state index < -0.39 is 0 Å². The first-order valence-electron chi connectivity index (χ1n) is 5.12. The summed E-state index contributed by atoms with van der Waals surface area (Å²) in [6.07, 6.45) is 0.687. The third kappa shape index (κ3) is 1.96. The number of carbonyl (C=O) groups is 1. The number of ether oxygens (including phenoxy) is 1. The van der Waals surface area contributed by atoms with Crippen molar-refractivity contribution in [1.82, 2.24) is 4.90 Å². The average molecular weight is 205 g/mol. The molecule has 0 spiro atoms. The monoisotopic (exact) mass is 205 g/mol. The second kappa shape index (κ2) is 3.93. The highest BCUT2D eigenvalue weighted by Gasteiger charge is 2.20. The lowest BCUT2D eigenvalue weighted by molar-refractivity contribution is 0.118. The van der Waals surface area contributed by atoms with Crippen LogP contribution in [0.3, 0.4) is 0 Å². The molecule has 1 aliphatic heterocycles. The van der Waals surface area contributed by atoms with E-state index in [2.05, 4.69) is 25.1 Å². The maximum Gasteiger partial charge on any atom is 0.409 e. The molecule has 0 saturated carbocycles. The summed E-state index contributed by atoms with van der Waals surface area (Å²) in [6, 6.07) is 6.41. The summed E-state index contributed by atoms with van der Waals surface area (Å²) >= 11 is 0. The Morgan fingerprint density at radius 1 is 1.40 bits per heavy atom. The summed E-state index contributed by atoms with van der Waals surface area (Å²) in [7, 11) is 1.42. The molecule has 15 heavy (non-hydrogen) atoms. The average Bonchev–Trinajstić information content (AvgIpc) is 2.27. The summed E-state index contributed by atoms with van der Waals surface area (Å²) in [5.74, 6) is 0. The molecule has 1 aromatic rings. The molecule has 1 heterocycles. The van der Waals surface area contributed by atoms with E-state index in [0.717, 1.165) is 13.0 Å². The van der Waals surface area contributed by atoms with Gasteiger partial charge in [0.05, 0.1) is 7.11 Å². The second-order valence-electron chi connectivity index (χ2n) is 3.91. The summed E-state index contributed by atoms with van der Waals surface area (Å²) in [5, 5.41) is 0. The van der Waals surface area contributed by atoms with Crippen molar-refractivity contribution < 1.29 is 9.53 Å². The zero-order chi connectivity index (χ0) is 10.8. The lowest BCUT2D eigenvalue weighted by Crippen LogP contribution is -2.35. The van der Waals surface area contributed by atoms with Crippen molar-refractivity contribution in [3.63, 3.8) is 0 Å². The minimum atomic E-state index is -0.234. The zero-order valence-electron chi connectivity index (χ0n) is 9.12. The Hall–Kier alpha value is -1.51. The van der Waals surface area contributed by atoms with Gasteiger partial charge in [-0.1, -0.05) is 23.8 Å². The van der Waals surface area contributed by atoms with Crippen LogP contribution in [-0.4, -0.2) is 24.6 Å². The standard InChI is InChI=1S/C12H15NO2/c1-9-3-4-10-5-6-13(12(14)15-2)8-11(10)7-9/h3-4,7H,5-6,8H2,1-2H3. The van der Waals surface area contributed by atoms with E-state index in [9.17, 15) is 4.79 Å². The Labute approximate surface area is 89.7 Å². The van der Waals surface area contributed by atoms with Crippen molar-refractivity contribution in [1.29, 1.82) is 0 Å². The van der Waals surface area contributed by atoms with Gasteiger partial charge in [-0.3, -0.25) is 0 Å². The quantitative estimate of drug-likeness (QED) is 0.649. The van der Waals surface area contributed by atoms with E-state index in [1.807, 2.05) is 0 Å². The van der Waals surface area contributed by atoms with Crippen LogP contribution >= 0.6 is 0 Å². The van der Waals surface area contributed by atoms with Gasteiger partial charge in [0.2, 0.25) is 0 Å². The Morgan fingerprint density at radius 3 is 2.93 bits per heavy atom. The maximum atomic E-state index is 11.4. The SMILES string of the molecule is COC(=O)N1CCc2ccc(C)cc2C1. The van der Waals surface area contributed by atoms with E-state index in [1.54, 1.807) is 4.90 Å². The molecule has 0 aliphatic carbocycles. The summed E-state index contributed by atoms with van der Waals surface area (Å²) in [4.78, 5) is 13.1. The predicted molar refractivity (Wildman–Crippen MR) is 57.7 cm³/mol. The molecular formula is C12H15NO2. The number of benzene rings is 1. The van der Waals surface area contributed by atoms with Crippen LogP contribution in [0, 0.1) is 6.92 Å². The van der Waals surface area contributed by atoms with Gasteiger partial charge in [0.25, 0.3) is 0 Å². The number of hydrogen-bond donors (Lipinski definition) is 0. The molecule has 1 aromatic carbocycles. The zero-order valence-corrected chi connectivity index (χ0v) is 9.12. The molecule has 0 atom stereocenters. The number of rotatable bonds is 0. The number of carbonyl (C=O) groups excluding carboxylic acids is 1. The minimum absolute atomic E-state index is 0.234. The first-order valence-corrected chi connectivity index (χ1v) is 5.12. The lowest BCUT2D eigenvalue weighted by Gasteiger charge is -2.27. The van der Waals surface area contributed by atoms with Crippen molar-refractivity contribution >= 4 is 6.09 Å². The third-order valence-electron chi connectivity index (χ3n) is 2.81. The van der Waals surface area contributed by atoms with E-state index in [0.29, 0.717) is 6.54 Å². The van der Waals surface area contributed by atoms with Gasteiger partial charge in [-0.15, -0.1) is 0 Å². The van der Waals surface area contributed by atoms with Gasteiger partial charge in [0.1, 0.15) is 0 Å². The van der Waals surface area contributed by atoms with Crippen LogP contribution in [0.15, 0.2) is 18.2 Å². The highest BCUT2D eigenvalue weighted by atomic mass is 16.5. The fourth-order valence-electron chi connectivity index (χ4n) is 1.97. The van der Waals surface area contributed by atoms with Crippen LogP contribution in [0.1, 0.15) is 16.7 Å². The Balaban J connectivity index is 2.22. The minimum Gasteiger partial charge on any atom is -0.453 e. The van der Waals surface area contributed by atoms with Gasteiger partial charge in [0.15, 0.2) is 0 Å². The second-order valence-corrected chi connectivity index (χ2v) is 3.91. The number of hydrogen-bond acceptors (Lipinski definition) is 2. The largest absolute Gasteiger partial charge is 0.453 e. The lowest BCUT2D eigenvalue weighted by atomic mass is 9.98. The molecule has 0 bridgehead atoms.